The number of carbonyl (C=O) groups excluding carboxylic acids is 2. The minimum atomic E-state index is -5.02. The van der Waals surface area contributed by atoms with E-state index in [2.05, 4.69) is 39.4 Å². The highest BCUT2D eigenvalue weighted by molar-refractivity contribution is 7.53. The Hall–Kier alpha value is -3.80. The van der Waals surface area contributed by atoms with Gasteiger partial charge < -0.3 is 77.9 Å². The van der Waals surface area contributed by atoms with Crippen LogP contribution in [0.1, 0.15) is 40.2 Å². The van der Waals surface area contributed by atoms with Gasteiger partial charge in [-0.3, -0.25) is 18.3 Å². The number of rotatable bonds is 18. The molecular formula is C32H44Cl2N8O20P2. The maximum absolute atomic E-state index is 11.8. The third kappa shape index (κ3) is 11.6. The van der Waals surface area contributed by atoms with Crippen LogP contribution in [-0.2, 0) is 47.1 Å². The van der Waals surface area contributed by atoms with Crippen molar-refractivity contribution in [2.45, 2.75) is 88.5 Å². The fraction of sp³-hybridized carbons (Fsp3) is 0.625. The van der Waals surface area contributed by atoms with Gasteiger partial charge in [-0.1, -0.05) is 0 Å². The third-order valence-corrected chi connectivity index (χ3v) is 11.2. The van der Waals surface area contributed by atoms with E-state index in [1.165, 1.54) is 35.6 Å². The Morgan fingerprint density at radius 1 is 0.641 bits per heavy atom. The molecule has 10 atom stereocenters. The summed E-state index contributed by atoms with van der Waals surface area (Å²) in [4.78, 5) is 85.4. The number of carbonyl (C=O) groups is 2. The van der Waals surface area contributed by atoms with E-state index in [4.69, 9.17) is 51.6 Å². The maximum Gasteiger partial charge on any atom is 0.365 e. The lowest BCUT2D eigenvalue weighted by Crippen LogP contribution is -2.36. The summed E-state index contributed by atoms with van der Waals surface area (Å²) in [5.74, 6) is -6.70. The van der Waals surface area contributed by atoms with Gasteiger partial charge in [-0.15, -0.1) is 0 Å². The molecule has 0 amide bonds. The molecule has 0 aliphatic carbocycles. The van der Waals surface area contributed by atoms with Crippen LogP contribution in [0.25, 0.3) is 22.3 Å². The predicted octanol–water partition coefficient (Wildman–Crippen LogP) is -0.838. The summed E-state index contributed by atoms with van der Waals surface area (Å²) in [6.45, 7) is 5.48. The molecule has 8 N–H and O–H groups in total. The first-order chi connectivity index (χ1) is 30.2. The Bertz CT molecular complexity index is 2190. The summed E-state index contributed by atoms with van der Waals surface area (Å²) in [5.41, 5.74) is 0.798. The number of ether oxygens (including phenoxy) is 8. The Labute approximate surface area is 370 Å². The van der Waals surface area contributed by atoms with Crippen LogP contribution < -0.4 is 9.47 Å². The molecular weight excluding hydrogens is 949 g/mol. The zero-order chi connectivity index (χ0) is 47.3. The minimum absolute atomic E-state index is 0.119. The summed E-state index contributed by atoms with van der Waals surface area (Å²) in [6.07, 6.45) is -8.41. The van der Waals surface area contributed by atoms with Crippen molar-refractivity contribution in [2.75, 3.05) is 39.6 Å². The number of esters is 2. The average molecular weight is 994 g/mol. The van der Waals surface area contributed by atoms with Gasteiger partial charge in [0.1, 0.15) is 36.6 Å². The van der Waals surface area contributed by atoms with Crippen LogP contribution in [0.3, 0.4) is 0 Å². The van der Waals surface area contributed by atoms with E-state index >= 15 is 0 Å². The Kier molecular flexibility index (Phi) is 17.3. The van der Waals surface area contributed by atoms with Crippen LogP contribution in [-0.4, -0.2) is 179 Å². The number of hydrogen-bond acceptors (Lipinski definition) is 22. The Morgan fingerprint density at radius 2 is 1.00 bits per heavy atom. The molecule has 6 rings (SSSR count). The van der Waals surface area contributed by atoms with Gasteiger partial charge in [-0.25, -0.2) is 19.6 Å². The second-order valence-electron chi connectivity index (χ2n) is 13.3. The number of nitrogens with zero attached hydrogens (tertiary/aromatic N) is 8. The van der Waals surface area contributed by atoms with Gasteiger partial charge in [0.2, 0.25) is 22.3 Å². The van der Waals surface area contributed by atoms with Crippen LogP contribution >= 0.6 is 38.4 Å². The molecule has 28 nitrogen and oxygen atoms in total. The number of halogens is 2. The van der Waals surface area contributed by atoms with E-state index in [9.17, 15) is 58.7 Å². The van der Waals surface area contributed by atoms with E-state index in [0.717, 1.165) is 0 Å². The van der Waals surface area contributed by atoms with Gasteiger partial charge in [-0.05, 0) is 50.9 Å². The quantitative estimate of drug-likeness (QED) is 0.0342. The monoisotopic (exact) mass is 992 g/mol. The average Bonchev–Trinajstić information content (AvgIpc) is 3.96. The van der Waals surface area contributed by atoms with Crippen LogP contribution in [0.4, 0.5) is 0 Å². The molecule has 64 heavy (non-hydrogen) atoms. The Morgan fingerprint density at radius 3 is 1.31 bits per heavy atom. The lowest BCUT2D eigenvalue weighted by atomic mass is 10.1. The largest absolute Gasteiger partial charge is 0.476 e. The normalized spacial score (nSPS) is 24.6. The molecule has 2 fully saturated rings. The van der Waals surface area contributed by atoms with E-state index in [0.29, 0.717) is 0 Å². The Balaban J connectivity index is 0.000000241. The molecule has 0 saturated carbocycles. The van der Waals surface area contributed by atoms with E-state index in [1.807, 2.05) is 0 Å². The van der Waals surface area contributed by atoms with Gasteiger partial charge >= 0.3 is 27.1 Å². The first-order valence-corrected chi connectivity index (χ1v) is 23.0. The van der Waals surface area contributed by atoms with E-state index < -0.39 is 101 Å². The smallest absolute Gasteiger partial charge is 0.365 e. The summed E-state index contributed by atoms with van der Waals surface area (Å²) >= 11 is 11.9. The fourth-order valence-electron chi connectivity index (χ4n) is 6.18. The number of aliphatic hydroxyl groups excluding tert-OH is 4. The topological polar surface area (TPSA) is 391 Å². The zero-order valence-electron chi connectivity index (χ0n) is 33.9. The first-order valence-electron chi connectivity index (χ1n) is 18.9. The van der Waals surface area contributed by atoms with Crippen LogP contribution in [0.15, 0.2) is 12.7 Å². The van der Waals surface area contributed by atoms with Crippen LogP contribution in [0.5, 0.6) is 11.8 Å². The molecule has 356 valence electrons. The maximum atomic E-state index is 11.8. The molecule has 2 aliphatic heterocycles. The van der Waals surface area contributed by atoms with Crippen molar-refractivity contribution >= 4 is 72.7 Å². The van der Waals surface area contributed by atoms with Crippen molar-refractivity contribution < 1.29 is 96.6 Å². The molecule has 0 aromatic carbocycles. The van der Waals surface area contributed by atoms with Crippen molar-refractivity contribution in [2.24, 2.45) is 0 Å². The number of aliphatic hydroxyl groups is 4. The van der Waals surface area contributed by atoms with Gasteiger partial charge in [0.15, 0.2) is 34.8 Å². The third-order valence-electron chi connectivity index (χ3n) is 8.93. The number of hydrogen-bond donors (Lipinski definition) is 8. The van der Waals surface area contributed by atoms with Gasteiger partial charge in [0.25, 0.3) is 11.7 Å². The zero-order valence-corrected chi connectivity index (χ0v) is 37.2. The molecule has 2 saturated heterocycles. The standard InChI is InChI=1S/2C16H22ClN4O10P/c2*1-3-28-12-8-11(19-16(17)20-12)21(6-18-8)13-10(23)9(22)7(31-13)5-30-15(32(25,26)27)14(24)29-4-2/h2*6-7,9-10,13,15,22-23H,3-5H2,1-2H3,(H2,25,26,27)/t7-,9-,10-,13-,15+;7-,9-,10-,13-,15-/m11/s1. The van der Waals surface area contributed by atoms with Crippen LogP contribution in [0.2, 0.25) is 10.6 Å². The number of imidazole rings is 2. The predicted molar refractivity (Wildman–Crippen MR) is 212 cm³/mol. The molecule has 0 unspecified atom stereocenters. The highest BCUT2D eigenvalue weighted by atomic mass is 35.5. The van der Waals surface area contributed by atoms with Crippen molar-refractivity contribution in [1.82, 2.24) is 39.0 Å². The van der Waals surface area contributed by atoms with Gasteiger partial charge in [0.05, 0.1) is 52.3 Å². The highest BCUT2D eigenvalue weighted by Crippen LogP contribution is 2.44. The molecule has 2 aliphatic rings. The lowest BCUT2D eigenvalue weighted by Gasteiger charge is -2.20. The SMILES string of the molecule is CCOC(=O)[C@@H](OC[C@H]1O[C@@H](n2cnc3c(OCC)nc(Cl)nc32)[C@H](O)[C@@H]1O)P(=O)(O)O.CCOC(=O)[C@H](OC[C@H]1O[C@@H](n2cnc3c(OCC)nc(Cl)nc32)[C@H](O)[C@@H]1O)P(=O)(O)O. The molecule has 6 heterocycles. The van der Waals surface area contributed by atoms with E-state index in [-0.39, 0.29) is 71.1 Å². The minimum Gasteiger partial charge on any atom is -0.476 e. The van der Waals surface area contributed by atoms with Crippen molar-refractivity contribution in [3.8, 4) is 11.8 Å². The molecule has 4 aromatic heterocycles. The highest BCUT2D eigenvalue weighted by Gasteiger charge is 2.48. The summed E-state index contributed by atoms with van der Waals surface area (Å²) in [7, 11) is -10.0. The lowest BCUT2D eigenvalue weighted by molar-refractivity contribution is -0.156. The molecule has 32 heteroatoms. The van der Waals surface area contributed by atoms with Gasteiger partial charge in [0, 0.05) is 0 Å². The number of fused-ring (bicyclic) bond motifs is 2. The number of aromatic nitrogens is 8. The van der Waals surface area contributed by atoms with Gasteiger partial charge in [-0.2, -0.15) is 19.9 Å². The van der Waals surface area contributed by atoms with Crippen LogP contribution in [0, 0.1) is 0 Å². The molecule has 0 bridgehead atoms. The summed E-state index contributed by atoms with van der Waals surface area (Å²) < 4.78 is 67.0. The fourth-order valence-corrected chi connectivity index (χ4v) is 7.75. The second-order valence-corrected chi connectivity index (χ2v) is 17.2. The molecule has 0 radical (unpaired) electrons. The second kappa shape index (κ2) is 21.7. The first kappa shape index (κ1) is 51.2. The molecule has 4 aromatic rings. The van der Waals surface area contributed by atoms with Crippen molar-refractivity contribution in [3.63, 3.8) is 0 Å². The summed E-state index contributed by atoms with van der Waals surface area (Å²) in [5, 5.41) is 41.4. The van der Waals surface area contributed by atoms with Crippen molar-refractivity contribution in [1.29, 1.82) is 0 Å². The van der Waals surface area contributed by atoms with Crippen molar-refractivity contribution in [3.05, 3.63) is 23.2 Å². The van der Waals surface area contributed by atoms with E-state index in [1.54, 1.807) is 13.8 Å². The molecule has 0 spiro atoms. The summed E-state index contributed by atoms with van der Waals surface area (Å²) in [6, 6.07) is 0.